The van der Waals surface area contributed by atoms with Crippen molar-refractivity contribution in [2.24, 2.45) is 0 Å². The minimum atomic E-state index is -0.719. The topological polar surface area (TPSA) is 17.1 Å². The highest BCUT2D eigenvalue weighted by atomic mass is 19.1. The third kappa shape index (κ3) is 1.43. The van der Waals surface area contributed by atoms with Gasteiger partial charge in [-0.2, -0.15) is 0 Å². The van der Waals surface area contributed by atoms with E-state index in [2.05, 4.69) is 0 Å². The highest BCUT2D eigenvalue weighted by Crippen LogP contribution is 2.24. The molecule has 0 aromatic carbocycles. The number of halogens is 1. The SMILES string of the molecule is CC1=C(C=O)CCC(F)C1. The van der Waals surface area contributed by atoms with Crippen LogP contribution in [-0.2, 0) is 4.79 Å². The van der Waals surface area contributed by atoms with Gasteiger partial charge >= 0.3 is 0 Å². The summed E-state index contributed by atoms with van der Waals surface area (Å²) in [5.74, 6) is 0. The molecule has 0 radical (unpaired) electrons. The first-order chi connectivity index (χ1) is 4.74. The zero-order valence-corrected chi connectivity index (χ0v) is 6.06. The molecule has 56 valence electrons. The molecule has 0 spiro atoms. The Morgan fingerprint density at radius 1 is 1.70 bits per heavy atom. The van der Waals surface area contributed by atoms with E-state index in [1.54, 1.807) is 0 Å². The number of hydrogen-bond acceptors (Lipinski definition) is 1. The lowest BCUT2D eigenvalue weighted by molar-refractivity contribution is -0.105. The van der Waals surface area contributed by atoms with Crippen LogP contribution in [0.25, 0.3) is 0 Å². The van der Waals surface area contributed by atoms with Crippen molar-refractivity contribution in [2.75, 3.05) is 0 Å². The van der Waals surface area contributed by atoms with Crippen LogP contribution in [0.5, 0.6) is 0 Å². The Balaban J connectivity index is 2.70. The molecule has 0 aliphatic heterocycles. The van der Waals surface area contributed by atoms with Crippen molar-refractivity contribution in [1.29, 1.82) is 0 Å². The normalized spacial score (nSPS) is 26.8. The summed E-state index contributed by atoms with van der Waals surface area (Å²) in [6.45, 7) is 1.83. The third-order valence-electron chi connectivity index (χ3n) is 1.95. The number of rotatable bonds is 1. The van der Waals surface area contributed by atoms with Crippen LogP contribution >= 0.6 is 0 Å². The fourth-order valence-corrected chi connectivity index (χ4v) is 1.25. The molecule has 0 bridgehead atoms. The minimum Gasteiger partial charge on any atom is -0.298 e. The van der Waals surface area contributed by atoms with Crippen molar-refractivity contribution in [2.45, 2.75) is 32.4 Å². The van der Waals surface area contributed by atoms with Gasteiger partial charge < -0.3 is 0 Å². The van der Waals surface area contributed by atoms with E-state index in [0.29, 0.717) is 19.3 Å². The van der Waals surface area contributed by atoms with Crippen LogP contribution in [0.3, 0.4) is 0 Å². The zero-order valence-electron chi connectivity index (χ0n) is 6.06. The monoisotopic (exact) mass is 142 g/mol. The van der Waals surface area contributed by atoms with E-state index in [-0.39, 0.29) is 0 Å². The molecule has 1 aliphatic carbocycles. The molecule has 0 saturated carbocycles. The molecule has 0 N–H and O–H groups in total. The van der Waals surface area contributed by atoms with Gasteiger partial charge in [0, 0.05) is 0 Å². The Morgan fingerprint density at radius 2 is 2.40 bits per heavy atom. The van der Waals surface area contributed by atoms with Crippen LogP contribution in [0.1, 0.15) is 26.2 Å². The molecule has 0 aromatic rings. The fourth-order valence-electron chi connectivity index (χ4n) is 1.25. The molecule has 1 rings (SSSR count). The Bertz CT molecular complexity index is 172. The van der Waals surface area contributed by atoms with Gasteiger partial charge in [0.25, 0.3) is 0 Å². The minimum absolute atomic E-state index is 0.452. The van der Waals surface area contributed by atoms with Gasteiger partial charge in [0.1, 0.15) is 12.5 Å². The van der Waals surface area contributed by atoms with Gasteiger partial charge in [0.15, 0.2) is 0 Å². The van der Waals surface area contributed by atoms with E-state index in [1.807, 2.05) is 6.92 Å². The predicted molar refractivity (Wildman–Crippen MR) is 37.5 cm³/mol. The van der Waals surface area contributed by atoms with Crippen molar-refractivity contribution in [3.63, 3.8) is 0 Å². The van der Waals surface area contributed by atoms with E-state index >= 15 is 0 Å². The molecule has 1 unspecified atom stereocenters. The zero-order chi connectivity index (χ0) is 7.56. The van der Waals surface area contributed by atoms with Gasteiger partial charge in [0.2, 0.25) is 0 Å². The van der Waals surface area contributed by atoms with Gasteiger partial charge in [0.05, 0.1) is 0 Å². The molecule has 1 nitrogen and oxygen atoms in total. The van der Waals surface area contributed by atoms with Gasteiger partial charge in [-0.05, 0) is 31.8 Å². The summed E-state index contributed by atoms with van der Waals surface area (Å²) in [6.07, 6.45) is 1.72. The highest BCUT2D eigenvalue weighted by molar-refractivity contribution is 5.74. The van der Waals surface area contributed by atoms with Gasteiger partial charge in [-0.25, -0.2) is 4.39 Å². The second-order valence-corrected chi connectivity index (χ2v) is 2.76. The van der Waals surface area contributed by atoms with E-state index in [4.69, 9.17) is 0 Å². The Morgan fingerprint density at radius 3 is 2.90 bits per heavy atom. The van der Waals surface area contributed by atoms with Crippen LogP contribution in [0.2, 0.25) is 0 Å². The molecule has 0 aromatic heterocycles. The molecule has 0 heterocycles. The van der Waals surface area contributed by atoms with Gasteiger partial charge in [-0.15, -0.1) is 0 Å². The quantitative estimate of drug-likeness (QED) is 0.512. The average molecular weight is 142 g/mol. The van der Waals surface area contributed by atoms with Crippen LogP contribution in [0.15, 0.2) is 11.1 Å². The maximum absolute atomic E-state index is 12.6. The predicted octanol–water partition coefficient (Wildman–Crippen LogP) is 2.02. The van der Waals surface area contributed by atoms with Crippen molar-refractivity contribution < 1.29 is 9.18 Å². The van der Waals surface area contributed by atoms with E-state index in [9.17, 15) is 9.18 Å². The number of carbonyl (C=O) groups is 1. The number of allylic oxidation sites excluding steroid dienone is 2. The third-order valence-corrected chi connectivity index (χ3v) is 1.95. The fraction of sp³-hybridized carbons (Fsp3) is 0.625. The smallest absolute Gasteiger partial charge is 0.145 e. The highest BCUT2D eigenvalue weighted by Gasteiger charge is 2.16. The van der Waals surface area contributed by atoms with E-state index in [0.717, 1.165) is 17.4 Å². The number of hydrogen-bond donors (Lipinski definition) is 0. The first kappa shape index (κ1) is 7.45. The van der Waals surface area contributed by atoms with E-state index in [1.165, 1.54) is 0 Å². The molecule has 2 heteroatoms. The summed E-state index contributed by atoms with van der Waals surface area (Å²) in [4.78, 5) is 10.3. The summed E-state index contributed by atoms with van der Waals surface area (Å²) >= 11 is 0. The average Bonchev–Trinajstić information content (AvgIpc) is 1.88. The Labute approximate surface area is 59.9 Å². The van der Waals surface area contributed by atoms with Crippen molar-refractivity contribution >= 4 is 6.29 Å². The lowest BCUT2D eigenvalue weighted by atomic mass is 9.92. The molecule has 1 atom stereocenters. The summed E-state index contributed by atoms with van der Waals surface area (Å²) < 4.78 is 12.6. The maximum Gasteiger partial charge on any atom is 0.145 e. The molecule has 1 aliphatic rings. The standard InChI is InChI=1S/C8H11FO/c1-6-4-8(9)3-2-7(6)5-10/h5,8H,2-4H2,1H3. The van der Waals surface area contributed by atoms with Crippen LogP contribution < -0.4 is 0 Å². The molecule has 0 amide bonds. The van der Waals surface area contributed by atoms with Crippen LogP contribution in [0.4, 0.5) is 4.39 Å². The number of aldehydes is 1. The Kier molecular flexibility index (Phi) is 2.20. The van der Waals surface area contributed by atoms with E-state index < -0.39 is 6.17 Å². The largest absolute Gasteiger partial charge is 0.298 e. The molecule has 0 fully saturated rings. The lowest BCUT2D eigenvalue weighted by Crippen LogP contribution is -2.09. The second kappa shape index (κ2) is 2.95. The first-order valence-corrected chi connectivity index (χ1v) is 3.52. The maximum atomic E-state index is 12.6. The second-order valence-electron chi connectivity index (χ2n) is 2.76. The number of carbonyl (C=O) groups excluding carboxylic acids is 1. The summed E-state index contributed by atoms with van der Waals surface area (Å²) in [5, 5.41) is 0. The van der Waals surface area contributed by atoms with Crippen LogP contribution in [0, 0.1) is 0 Å². The van der Waals surface area contributed by atoms with Gasteiger partial charge in [-0.3, -0.25) is 4.79 Å². The number of alkyl halides is 1. The van der Waals surface area contributed by atoms with Gasteiger partial charge in [-0.1, -0.05) is 5.57 Å². The van der Waals surface area contributed by atoms with Crippen molar-refractivity contribution in [3.8, 4) is 0 Å². The van der Waals surface area contributed by atoms with Crippen molar-refractivity contribution in [3.05, 3.63) is 11.1 Å². The molecule has 10 heavy (non-hydrogen) atoms. The molecular weight excluding hydrogens is 131 g/mol. The summed E-state index contributed by atoms with van der Waals surface area (Å²) in [6, 6.07) is 0. The van der Waals surface area contributed by atoms with Crippen LogP contribution in [-0.4, -0.2) is 12.5 Å². The Hall–Kier alpha value is -0.660. The summed E-state index contributed by atoms with van der Waals surface area (Å²) in [7, 11) is 0. The molecular formula is C8H11FO. The molecule has 0 saturated heterocycles. The first-order valence-electron chi connectivity index (χ1n) is 3.52. The lowest BCUT2D eigenvalue weighted by Gasteiger charge is -2.16. The van der Waals surface area contributed by atoms with Crippen molar-refractivity contribution in [1.82, 2.24) is 0 Å². The summed E-state index contributed by atoms with van der Waals surface area (Å²) in [5.41, 5.74) is 1.72.